The fourth-order valence-corrected chi connectivity index (χ4v) is 2.66. The van der Waals surface area contributed by atoms with Crippen LogP contribution in [0.1, 0.15) is 31.3 Å². The lowest BCUT2D eigenvalue weighted by molar-refractivity contribution is 0.102. The first kappa shape index (κ1) is 16.3. The number of thiazole rings is 1. The number of amides is 1. The summed E-state index contributed by atoms with van der Waals surface area (Å²) in [5, 5.41) is 12.8. The first-order chi connectivity index (χ1) is 11.3. The minimum absolute atomic E-state index is 0.225. The molecule has 2 heterocycles. The Morgan fingerprint density at radius 2 is 1.96 bits per heavy atom. The molecule has 1 N–H and O–H groups in total. The molecule has 0 atom stereocenters. The van der Waals surface area contributed by atoms with E-state index in [-0.39, 0.29) is 23.0 Å². The molecule has 24 heavy (non-hydrogen) atoms. The fraction of sp³-hybridized carbons (Fsp3) is 0.250. The molecule has 0 unspecified atom stereocenters. The molecular weight excluding hydrogens is 329 g/mol. The van der Waals surface area contributed by atoms with E-state index in [9.17, 15) is 9.18 Å². The Morgan fingerprint density at radius 1 is 1.25 bits per heavy atom. The van der Waals surface area contributed by atoms with E-state index in [0.717, 1.165) is 5.56 Å². The molecule has 0 saturated heterocycles. The highest BCUT2D eigenvalue weighted by atomic mass is 32.1. The number of carbonyl (C=O) groups excluding carboxylic acids is 1. The van der Waals surface area contributed by atoms with Crippen molar-refractivity contribution in [2.45, 2.75) is 26.3 Å². The summed E-state index contributed by atoms with van der Waals surface area (Å²) in [5.41, 5.74) is 1.44. The van der Waals surface area contributed by atoms with Crippen LogP contribution in [0.25, 0.3) is 11.3 Å². The lowest BCUT2D eigenvalue weighted by Crippen LogP contribution is -2.22. The second kappa shape index (κ2) is 6.12. The first-order valence-electron chi connectivity index (χ1n) is 7.28. The van der Waals surface area contributed by atoms with Crippen molar-refractivity contribution in [2.24, 2.45) is 0 Å². The Bertz CT molecular complexity index is 863. The van der Waals surface area contributed by atoms with Crippen LogP contribution in [-0.4, -0.2) is 25.9 Å². The molecule has 3 rings (SSSR count). The summed E-state index contributed by atoms with van der Waals surface area (Å²) in [6.45, 7) is 5.91. The number of rotatable bonds is 3. The molecule has 0 aliphatic heterocycles. The molecule has 1 aromatic carbocycles. The molecule has 1 amide bonds. The van der Waals surface area contributed by atoms with Crippen LogP contribution in [0.3, 0.4) is 0 Å². The van der Waals surface area contributed by atoms with E-state index in [1.54, 1.807) is 28.4 Å². The molecule has 0 spiro atoms. The predicted octanol–water partition coefficient (Wildman–Crippen LogP) is 3.55. The maximum atomic E-state index is 13.0. The van der Waals surface area contributed by atoms with Crippen LogP contribution in [0.5, 0.6) is 0 Å². The lowest BCUT2D eigenvalue weighted by atomic mass is 10.1. The van der Waals surface area contributed by atoms with E-state index in [1.807, 2.05) is 20.8 Å². The first-order valence-corrected chi connectivity index (χ1v) is 8.16. The Balaban J connectivity index is 1.73. The SMILES string of the molecule is CC(C)(C)n1cc(C(=O)Nc2nc(-c3ccc(F)cc3)cs2)nn1. The maximum absolute atomic E-state index is 13.0. The zero-order chi connectivity index (χ0) is 17.3. The van der Waals surface area contributed by atoms with Crippen LogP contribution in [-0.2, 0) is 5.54 Å². The number of halogens is 1. The van der Waals surface area contributed by atoms with Crippen LogP contribution < -0.4 is 5.32 Å². The Hall–Kier alpha value is -2.61. The molecule has 0 aliphatic rings. The van der Waals surface area contributed by atoms with Crippen molar-refractivity contribution in [3.63, 3.8) is 0 Å². The number of hydrogen-bond donors (Lipinski definition) is 1. The number of nitrogens with zero attached hydrogens (tertiary/aromatic N) is 4. The van der Waals surface area contributed by atoms with Crippen LogP contribution >= 0.6 is 11.3 Å². The standard InChI is InChI=1S/C16H16FN5OS/c1-16(2,3)22-8-12(20-21-22)14(23)19-15-18-13(9-24-15)10-4-6-11(17)7-5-10/h4-9H,1-3H3,(H,18,19,23). The third-order valence-electron chi connectivity index (χ3n) is 3.28. The topological polar surface area (TPSA) is 72.7 Å². The number of aromatic nitrogens is 4. The highest BCUT2D eigenvalue weighted by Crippen LogP contribution is 2.25. The van der Waals surface area contributed by atoms with Crippen molar-refractivity contribution in [2.75, 3.05) is 5.32 Å². The molecule has 0 saturated carbocycles. The second-order valence-corrected chi connectivity index (χ2v) is 7.08. The average Bonchev–Trinajstić information content (AvgIpc) is 3.16. The molecule has 0 radical (unpaired) electrons. The van der Waals surface area contributed by atoms with Crippen LogP contribution in [0.2, 0.25) is 0 Å². The van der Waals surface area contributed by atoms with Crippen LogP contribution in [0, 0.1) is 5.82 Å². The number of hydrogen-bond acceptors (Lipinski definition) is 5. The summed E-state index contributed by atoms with van der Waals surface area (Å²) < 4.78 is 14.6. The average molecular weight is 345 g/mol. The third kappa shape index (κ3) is 3.48. The minimum Gasteiger partial charge on any atom is -0.296 e. The third-order valence-corrected chi connectivity index (χ3v) is 4.04. The van der Waals surface area contributed by atoms with E-state index < -0.39 is 0 Å². The van der Waals surface area contributed by atoms with Gasteiger partial charge in [0.15, 0.2) is 10.8 Å². The van der Waals surface area contributed by atoms with E-state index >= 15 is 0 Å². The molecule has 3 aromatic rings. The van der Waals surface area contributed by atoms with Crippen molar-refractivity contribution in [3.05, 3.63) is 47.4 Å². The van der Waals surface area contributed by atoms with Gasteiger partial charge in [0.25, 0.3) is 5.91 Å². The van der Waals surface area contributed by atoms with Gasteiger partial charge in [-0.3, -0.25) is 10.1 Å². The summed E-state index contributed by atoms with van der Waals surface area (Å²) in [6.07, 6.45) is 1.60. The van der Waals surface area contributed by atoms with E-state index in [1.165, 1.54) is 23.5 Å². The van der Waals surface area contributed by atoms with Crippen molar-refractivity contribution >= 4 is 22.4 Å². The molecule has 0 fully saturated rings. The van der Waals surface area contributed by atoms with Gasteiger partial charge in [-0.15, -0.1) is 16.4 Å². The van der Waals surface area contributed by atoms with Gasteiger partial charge >= 0.3 is 0 Å². The van der Waals surface area contributed by atoms with Crippen molar-refractivity contribution in [3.8, 4) is 11.3 Å². The second-order valence-electron chi connectivity index (χ2n) is 6.22. The summed E-state index contributed by atoms with van der Waals surface area (Å²) >= 11 is 1.29. The molecule has 124 valence electrons. The zero-order valence-corrected chi connectivity index (χ0v) is 14.3. The molecule has 0 bridgehead atoms. The van der Waals surface area contributed by atoms with Crippen molar-refractivity contribution < 1.29 is 9.18 Å². The summed E-state index contributed by atoms with van der Waals surface area (Å²) in [7, 11) is 0. The Morgan fingerprint density at radius 3 is 2.58 bits per heavy atom. The van der Waals surface area contributed by atoms with Gasteiger partial charge in [-0.2, -0.15) is 0 Å². The fourth-order valence-electron chi connectivity index (χ4n) is 1.94. The highest BCUT2D eigenvalue weighted by Gasteiger charge is 2.19. The van der Waals surface area contributed by atoms with E-state index in [0.29, 0.717) is 10.8 Å². The van der Waals surface area contributed by atoms with Gasteiger partial charge in [0, 0.05) is 10.9 Å². The summed E-state index contributed by atoms with van der Waals surface area (Å²) in [5.74, 6) is -0.671. The van der Waals surface area contributed by atoms with Gasteiger partial charge in [0.2, 0.25) is 0 Å². The highest BCUT2D eigenvalue weighted by molar-refractivity contribution is 7.14. The summed E-state index contributed by atoms with van der Waals surface area (Å²) in [6, 6.07) is 6.03. The summed E-state index contributed by atoms with van der Waals surface area (Å²) in [4.78, 5) is 16.6. The van der Waals surface area contributed by atoms with Crippen LogP contribution in [0.4, 0.5) is 9.52 Å². The van der Waals surface area contributed by atoms with Gasteiger partial charge in [-0.1, -0.05) is 5.21 Å². The molecular formula is C16H16FN5OS. The lowest BCUT2D eigenvalue weighted by Gasteiger charge is -2.17. The van der Waals surface area contributed by atoms with Crippen molar-refractivity contribution in [1.82, 2.24) is 20.0 Å². The Labute approximate surface area is 142 Å². The minimum atomic E-state index is -0.370. The molecule has 8 heteroatoms. The zero-order valence-electron chi connectivity index (χ0n) is 13.4. The number of benzene rings is 1. The van der Waals surface area contributed by atoms with E-state index in [4.69, 9.17) is 0 Å². The van der Waals surface area contributed by atoms with Gasteiger partial charge < -0.3 is 0 Å². The van der Waals surface area contributed by atoms with E-state index in [2.05, 4.69) is 20.6 Å². The molecule has 0 aliphatic carbocycles. The quantitative estimate of drug-likeness (QED) is 0.788. The van der Waals surface area contributed by atoms with Crippen LogP contribution in [0.15, 0.2) is 35.8 Å². The molecule has 6 nitrogen and oxygen atoms in total. The van der Waals surface area contributed by atoms with Gasteiger partial charge in [0.05, 0.1) is 17.4 Å². The Kier molecular flexibility index (Phi) is 4.15. The molecule has 2 aromatic heterocycles. The van der Waals surface area contributed by atoms with Gasteiger partial charge in [0.1, 0.15) is 5.82 Å². The smallest absolute Gasteiger partial charge is 0.279 e. The normalized spacial score (nSPS) is 11.5. The van der Waals surface area contributed by atoms with Gasteiger partial charge in [-0.25, -0.2) is 14.1 Å². The van der Waals surface area contributed by atoms with Crippen molar-refractivity contribution in [1.29, 1.82) is 0 Å². The predicted molar refractivity (Wildman–Crippen MR) is 90.5 cm³/mol. The number of carbonyl (C=O) groups is 1. The maximum Gasteiger partial charge on any atom is 0.279 e. The number of nitrogens with one attached hydrogen (secondary N) is 1. The largest absolute Gasteiger partial charge is 0.296 e. The number of anilines is 1. The van der Waals surface area contributed by atoms with Gasteiger partial charge in [-0.05, 0) is 45.0 Å². The monoisotopic (exact) mass is 345 g/mol.